The van der Waals surface area contributed by atoms with E-state index in [9.17, 15) is 77.6 Å². The van der Waals surface area contributed by atoms with Crippen LogP contribution in [0, 0.1) is 0 Å². The molecule has 4 amide bonds. The highest BCUT2D eigenvalue weighted by Crippen LogP contribution is 2.12. The number of carbonyl (C=O) groups is 12. The molecule has 11 N–H and O–H groups in total. The van der Waals surface area contributed by atoms with Crippen LogP contribution >= 0.6 is 0 Å². The van der Waals surface area contributed by atoms with Crippen LogP contribution in [0.1, 0.15) is 92.4 Å². The van der Waals surface area contributed by atoms with Gasteiger partial charge in [0.2, 0.25) is 34.0 Å². The maximum Gasteiger partial charge on any atom is 0.536 e. The average Bonchev–Trinajstić information content (AvgIpc) is 3.94. The lowest BCUT2D eigenvalue weighted by Crippen LogP contribution is -2.48. The van der Waals surface area contributed by atoms with Crippen LogP contribution < -0.4 is 27.4 Å². The van der Waals surface area contributed by atoms with Crippen LogP contribution in [-0.4, -0.2) is 270 Å². The van der Waals surface area contributed by atoms with Gasteiger partial charge in [0.25, 0.3) is 11.8 Å². The van der Waals surface area contributed by atoms with Crippen molar-refractivity contribution in [1.29, 1.82) is 0 Å². The predicted molar refractivity (Wildman–Crippen MR) is 318 cm³/mol. The zero-order valence-electron chi connectivity index (χ0n) is 53.2. The number of alkyl carbamates (subject to hydrolysis) is 2. The molecule has 90 heavy (non-hydrogen) atoms. The second-order valence-corrected chi connectivity index (χ2v) is 18.9. The van der Waals surface area contributed by atoms with Crippen LogP contribution in [0.3, 0.4) is 0 Å². The summed E-state index contributed by atoms with van der Waals surface area (Å²) in [6, 6.07) is 0. The molecular formula is C49H94B4N10O27. The first-order chi connectivity index (χ1) is 42.5. The molecule has 1 saturated heterocycles. The van der Waals surface area contributed by atoms with E-state index >= 15 is 0 Å². The zero-order valence-corrected chi connectivity index (χ0v) is 53.2. The van der Waals surface area contributed by atoms with Gasteiger partial charge in [0, 0.05) is 132 Å². The van der Waals surface area contributed by atoms with E-state index in [1.807, 2.05) is 9.62 Å². The van der Waals surface area contributed by atoms with Crippen LogP contribution in [0.15, 0.2) is 0 Å². The largest absolute Gasteiger partial charge is 0.536 e. The van der Waals surface area contributed by atoms with E-state index in [0.29, 0.717) is 96.4 Å². The monoisotopic (exact) mass is 1300 g/mol. The number of carbonyl (C=O) groups excluding carboxylic acids is 12. The molecule has 0 aliphatic carbocycles. The number of hydrogen-bond acceptors (Lipinski definition) is 34. The van der Waals surface area contributed by atoms with Gasteiger partial charge >= 0.3 is 88.3 Å². The van der Waals surface area contributed by atoms with E-state index in [1.165, 1.54) is 27.7 Å². The molecule has 0 aromatic heterocycles. The maximum absolute atomic E-state index is 11.6. The molecule has 0 aromatic rings. The Morgan fingerprint density at radius 1 is 0.422 bits per heavy atom. The third-order valence-corrected chi connectivity index (χ3v) is 11.3. The summed E-state index contributed by atoms with van der Waals surface area (Å²) in [5.74, 6) is -4.91. The summed E-state index contributed by atoms with van der Waals surface area (Å²) in [4.78, 5) is 142. The Morgan fingerprint density at radius 3 is 1.14 bits per heavy atom. The van der Waals surface area contributed by atoms with Gasteiger partial charge in [-0.15, -0.1) is 0 Å². The van der Waals surface area contributed by atoms with Crippen molar-refractivity contribution in [3.63, 3.8) is 0 Å². The van der Waals surface area contributed by atoms with Crippen molar-refractivity contribution in [2.75, 3.05) is 126 Å². The Kier molecular flexibility index (Phi) is 54.4. The lowest BCUT2D eigenvalue weighted by atomic mass is 9.83. The Bertz CT molecular complexity index is 1970. The van der Waals surface area contributed by atoms with Crippen molar-refractivity contribution >= 4 is 100 Å². The minimum Gasteiger partial charge on any atom is -0.437 e. The first-order valence-electron chi connectivity index (χ1n) is 28.8. The molecule has 0 unspecified atom stereocenters. The van der Waals surface area contributed by atoms with E-state index in [2.05, 4.69) is 58.7 Å². The van der Waals surface area contributed by atoms with Crippen LogP contribution in [-0.2, 0) is 95.4 Å². The molecule has 1 fully saturated rings. The van der Waals surface area contributed by atoms with E-state index in [-0.39, 0.29) is 45.8 Å². The number of esters is 7. The minimum atomic E-state index is -1.29. The number of nitrogens with two attached hydrogens (primary N) is 2. The molecule has 0 spiro atoms. The fourth-order valence-electron chi connectivity index (χ4n) is 6.59. The van der Waals surface area contributed by atoms with Gasteiger partial charge in [0.05, 0.1) is 0 Å². The van der Waals surface area contributed by atoms with Gasteiger partial charge in [0.15, 0.2) is 0 Å². The number of ether oxygens (including phenoxy) is 10. The Hall–Kier alpha value is -6.94. The molecule has 41 heteroatoms. The molecule has 37 nitrogen and oxygen atoms in total. The topological polar surface area (TPSA) is 492 Å². The Balaban J connectivity index is -0.00000117. The van der Waals surface area contributed by atoms with Gasteiger partial charge in [-0.3, -0.25) is 48.0 Å². The van der Waals surface area contributed by atoms with Crippen molar-refractivity contribution in [3.8, 4) is 0 Å². The van der Waals surface area contributed by atoms with Crippen molar-refractivity contribution in [3.05, 3.63) is 0 Å². The van der Waals surface area contributed by atoms with E-state index in [0.717, 1.165) is 32.7 Å². The molecule has 0 bridgehead atoms. The molecular weight excluding hydrogens is 1200 g/mol. The van der Waals surface area contributed by atoms with Crippen LogP contribution in [0.4, 0.5) is 14.4 Å². The first kappa shape index (κ1) is 87.3. The highest BCUT2D eigenvalue weighted by molar-refractivity contribution is 6.46. The molecule has 1 aliphatic rings. The summed E-state index contributed by atoms with van der Waals surface area (Å²) < 4.78 is 45.2. The summed E-state index contributed by atoms with van der Waals surface area (Å²) in [6.45, 7) is 17.6. The first-order valence-corrected chi connectivity index (χ1v) is 28.8. The SMILES string of the molecule is CB(O)N(CCCC(=O)OCOC(C)=O)CCN(CCNC(=O)OCOC(C)=O)B(C)O.CB(O)N(CCN)CCN(CCN)B(C)O.CC(=O)OCOC(=O)CCCNCCCCCNC(=O)OCOC(C)=O.CC(=O)OCOC(=O)ON1C(=O)CCC1=O. The third kappa shape index (κ3) is 55.2. The summed E-state index contributed by atoms with van der Waals surface area (Å²) in [6.07, 6.45) is 1.36. The van der Waals surface area contributed by atoms with Crippen molar-refractivity contribution in [2.45, 2.75) is 120 Å². The molecule has 1 heterocycles. The third-order valence-electron chi connectivity index (χ3n) is 11.3. The zero-order chi connectivity index (χ0) is 68.8. The number of hydroxylamine groups is 2. The molecule has 0 saturated carbocycles. The molecule has 0 radical (unpaired) electrons. The summed E-state index contributed by atoms with van der Waals surface area (Å²) in [5.41, 5.74) is 10.9. The second-order valence-electron chi connectivity index (χ2n) is 18.9. The normalized spacial score (nSPS) is 11.3. The number of hydrogen-bond donors (Lipinski definition) is 9. The highest BCUT2D eigenvalue weighted by Gasteiger charge is 2.33. The molecule has 514 valence electrons. The molecule has 1 aliphatic heterocycles. The van der Waals surface area contributed by atoms with Crippen molar-refractivity contribution in [2.24, 2.45) is 11.5 Å². The van der Waals surface area contributed by atoms with Gasteiger partial charge in [-0.2, -0.15) is 0 Å². The second kappa shape index (κ2) is 56.1. The number of imide groups is 1. The van der Waals surface area contributed by atoms with Crippen LogP contribution in [0.5, 0.6) is 0 Å². The van der Waals surface area contributed by atoms with Gasteiger partial charge in [-0.05, 0) is 72.6 Å². The maximum atomic E-state index is 11.6. The standard InChI is InChI=1S/C17H33B2N3O10.C16H28N2O8.C8H24B2N4O2.C8H9NO7/c1-14(23)29-12-31-16(25)6-5-8-21(18(3)27)10-11-22(19(4)28)9-7-20-17(26)32-13-30-15(2)24;1-13(19)23-11-25-15(21)7-6-9-17-8-4-3-5-10-18-16(22)26-12-24-14(2)20;1-9(15)13(5-3-11)7-8-14(6-4-12)10(2)16;1-5(10)14-4-15-8(13)16-9-6(11)2-3-7(9)12/h27-28H,5-13H2,1-4H3,(H,20,26);17H,3-12H2,1-2H3,(H,18,22);15-16H,3-8,11-12H2,1-2H3;2-4H2,1H3. The highest BCUT2D eigenvalue weighted by atomic mass is 16.9. The molecule has 0 aromatic carbocycles. The predicted octanol–water partition coefficient (Wildman–Crippen LogP) is -2.81. The quantitative estimate of drug-likeness (QED) is 0.00744. The fraction of sp³-hybridized carbons (Fsp3) is 0.755. The number of rotatable bonds is 42. The lowest BCUT2D eigenvalue weighted by molar-refractivity contribution is -0.182. The number of amides is 4. The number of nitrogens with one attached hydrogen (secondary N) is 3. The molecule has 0 atom stereocenters. The van der Waals surface area contributed by atoms with Crippen LogP contribution in [0.25, 0.3) is 0 Å². The van der Waals surface area contributed by atoms with E-state index in [1.54, 1.807) is 36.9 Å². The van der Waals surface area contributed by atoms with Gasteiger partial charge < -0.3 is 114 Å². The van der Waals surface area contributed by atoms with Crippen molar-refractivity contribution < 1.29 is 130 Å². The average molecular weight is 1300 g/mol. The fourth-order valence-corrected chi connectivity index (χ4v) is 6.59. The Labute approximate surface area is 525 Å². The lowest BCUT2D eigenvalue weighted by Gasteiger charge is -2.29. The summed E-state index contributed by atoms with van der Waals surface area (Å²) >= 11 is 0. The van der Waals surface area contributed by atoms with Crippen molar-refractivity contribution in [1.82, 2.24) is 40.3 Å². The summed E-state index contributed by atoms with van der Waals surface area (Å²) in [5, 5.41) is 47.4. The molecule has 1 rings (SSSR count). The number of unbranched alkanes of at least 4 members (excludes halogenated alkanes) is 2. The van der Waals surface area contributed by atoms with Gasteiger partial charge in [0.1, 0.15) is 0 Å². The number of nitrogens with zero attached hydrogens (tertiary/aromatic N) is 5. The van der Waals surface area contributed by atoms with Crippen LogP contribution in [0.2, 0.25) is 27.3 Å². The smallest absolute Gasteiger partial charge is 0.437 e. The summed E-state index contributed by atoms with van der Waals surface area (Å²) in [7, 11) is -2.62. The van der Waals surface area contributed by atoms with Gasteiger partial charge in [-0.25, -0.2) is 14.4 Å². The minimum absolute atomic E-state index is 0.00391. The van der Waals surface area contributed by atoms with Gasteiger partial charge in [-0.1, -0.05) is 11.5 Å². The van der Waals surface area contributed by atoms with E-state index in [4.69, 9.17) is 20.9 Å². The Morgan fingerprint density at radius 2 is 0.756 bits per heavy atom. The van der Waals surface area contributed by atoms with E-state index < -0.39 is 121 Å².